The first kappa shape index (κ1) is 23.8. The average Bonchev–Trinajstić information content (AvgIpc) is 3.22. The van der Waals surface area contributed by atoms with Crippen molar-refractivity contribution in [1.82, 2.24) is 14.5 Å². The summed E-state index contributed by atoms with van der Waals surface area (Å²) in [7, 11) is 1.34. The second kappa shape index (κ2) is 10.3. The van der Waals surface area contributed by atoms with Crippen molar-refractivity contribution in [3.63, 3.8) is 0 Å². The van der Waals surface area contributed by atoms with Crippen molar-refractivity contribution in [3.8, 4) is 0 Å². The van der Waals surface area contributed by atoms with E-state index in [4.69, 9.17) is 9.47 Å². The molecule has 0 spiro atoms. The first-order valence-electron chi connectivity index (χ1n) is 11.2. The standard InChI is InChI=1S/C25H27N3O5S/c1-4-27-20-11-10-17(23(30)33-5-2)12-19(20)26-25(27)34-15-22(29)28-14-18-9-7-6-8-16(18)13-21(28)24(31)32-3/h6-12,21H,4-5,13-15H2,1-3H3. The molecule has 0 saturated carbocycles. The Bertz CT molecular complexity index is 1240. The molecule has 178 valence electrons. The summed E-state index contributed by atoms with van der Waals surface area (Å²) in [4.78, 5) is 44.0. The number of ether oxygens (including phenoxy) is 2. The lowest BCUT2D eigenvalue weighted by molar-refractivity contribution is -0.153. The van der Waals surface area contributed by atoms with Crippen molar-refractivity contribution in [2.24, 2.45) is 0 Å². The lowest BCUT2D eigenvalue weighted by Crippen LogP contribution is -2.49. The van der Waals surface area contributed by atoms with Crippen molar-refractivity contribution < 1.29 is 23.9 Å². The minimum atomic E-state index is -0.648. The van der Waals surface area contributed by atoms with Crippen LogP contribution in [0.3, 0.4) is 0 Å². The largest absolute Gasteiger partial charge is 0.467 e. The van der Waals surface area contributed by atoms with E-state index in [0.29, 0.717) is 42.4 Å². The Kier molecular flexibility index (Phi) is 7.21. The fraction of sp³-hybridized carbons (Fsp3) is 0.360. The van der Waals surface area contributed by atoms with Gasteiger partial charge in [-0.15, -0.1) is 0 Å². The van der Waals surface area contributed by atoms with Gasteiger partial charge < -0.3 is 18.9 Å². The molecule has 1 aliphatic rings. The molecule has 1 atom stereocenters. The molecule has 0 N–H and O–H groups in total. The molecule has 0 aliphatic carbocycles. The number of thioether (sulfide) groups is 1. The number of hydrogen-bond donors (Lipinski definition) is 0. The topological polar surface area (TPSA) is 90.7 Å². The number of carbonyl (C=O) groups excluding carboxylic acids is 3. The summed E-state index contributed by atoms with van der Waals surface area (Å²) in [6, 6.07) is 12.5. The molecular weight excluding hydrogens is 454 g/mol. The maximum Gasteiger partial charge on any atom is 0.338 e. The monoisotopic (exact) mass is 481 g/mol. The van der Waals surface area contributed by atoms with E-state index in [1.165, 1.54) is 18.9 Å². The van der Waals surface area contributed by atoms with Crippen LogP contribution >= 0.6 is 11.8 Å². The van der Waals surface area contributed by atoms with Gasteiger partial charge in [0.25, 0.3) is 0 Å². The normalized spacial score (nSPS) is 15.1. The lowest BCUT2D eigenvalue weighted by atomic mass is 9.94. The first-order valence-corrected chi connectivity index (χ1v) is 12.2. The van der Waals surface area contributed by atoms with Crippen LogP contribution in [-0.4, -0.2) is 57.8 Å². The van der Waals surface area contributed by atoms with Gasteiger partial charge in [-0.3, -0.25) is 4.79 Å². The van der Waals surface area contributed by atoms with E-state index in [-0.39, 0.29) is 17.6 Å². The predicted octanol–water partition coefficient (Wildman–Crippen LogP) is 3.45. The lowest BCUT2D eigenvalue weighted by Gasteiger charge is -2.35. The third-order valence-electron chi connectivity index (χ3n) is 5.91. The van der Waals surface area contributed by atoms with Crippen LogP contribution in [0.25, 0.3) is 11.0 Å². The van der Waals surface area contributed by atoms with E-state index < -0.39 is 12.0 Å². The third-order valence-corrected chi connectivity index (χ3v) is 6.87. The number of nitrogens with zero attached hydrogens (tertiary/aromatic N) is 3. The number of imidazole rings is 1. The maximum atomic E-state index is 13.2. The Labute approximate surface area is 202 Å². The highest BCUT2D eigenvalue weighted by atomic mass is 32.2. The van der Waals surface area contributed by atoms with Gasteiger partial charge in [-0.25, -0.2) is 14.6 Å². The van der Waals surface area contributed by atoms with Crippen LogP contribution in [-0.2, 0) is 38.6 Å². The van der Waals surface area contributed by atoms with Crippen LogP contribution in [0.2, 0.25) is 0 Å². The van der Waals surface area contributed by atoms with E-state index >= 15 is 0 Å². The van der Waals surface area contributed by atoms with Crippen molar-refractivity contribution in [2.45, 2.75) is 44.6 Å². The number of amides is 1. The molecule has 2 heterocycles. The van der Waals surface area contributed by atoms with Gasteiger partial charge in [-0.2, -0.15) is 0 Å². The Morgan fingerprint density at radius 1 is 1.12 bits per heavy atom. The molecule has 1 unspecified atom stereocenters. The summed E-state index contributed by atoms with van der Waals surface area (Å²) in [6.45, 7) is 5.09. The molecule has 0 fully saturated rings. The number of rotatable bonds is 7. The van der Waals surface area contributed by atoms with Gasteiger partial charge >= 0.3 is 11.9 Å². The van der Waals surface area contributed by atoms with Gasteiger partial charge in [0.15, 0.2) is 5.16 Å². The minimum Gasteiger partial charge on any atom is -0.467 e. The summed E-state index contributed by atoms with van der Waals surface area (Å²) in [5.41, 5.74) is 4.08. The maximum absolute atomic E-state index is 13.2. The summed E-state index contributed by atoms with van der Waals surface area (Å²) < 4.78 is 12.1. The summed E-state index contributed by atoms with van der Waals surface area (Å²) in [6.07, 6.45) is 0.434. The highest BCUT2D eigenvalue weighted by Gasteiger charge is 2.35. The summed E-state index contributed by atoms with van der Waals surface area (Å²) in [5.74, 6) is -0.833. The van der Waals surface area contributed by atoms with Crippen LogP contribution in [0, 0.1) is 0 Å². The molecule has 0 saturated heterocycles. The molecule has 34 heavy (non-hydrogen) atoms. The number of benzene rings is 2. The van der Waals surface area contributed by atoms with Crippen LogP contribution < -0.4 is 0 Å². The van der Waals surface area contributed by atoms with E-state index in [1.54, 1.807) is 24.0 Å². The van der Waals surface area contributed by atoms with Crippen molar-refractivity contribution in [1.29, 1.82) is 0 Å². The van der Waals surface area contributed by atoms with E-state index in [0.717, 1.165) is 16.6 Å². The number of hydrogen-bond acceptors (Lipinski definition) is 7. The predicted molar refractivity (Wildman–Crippen MR) is 129 cm³/mol. The second-order valence-corrected chi connectivity index (χ2v) is 8.83. The first-order chi connectivity index (χ1) is 16.5. The fourth-order valence-corrected chi connectivity index (χ4v) is 5.17. The average molecular weight is 482 g/mol. The van der Waals surface area contributed by atoms with Crippen LogP contribution in [0.1, 0.15) is 35.3 Å². The van der Waals surface area contributed by atoms with E-state index in [2.05, 4.69) is 4.98 Å². The number of carbonyl (C=O) groups is 3. The van der Waals surface area contributed by atoms with Gasteiger partial charge in [0.1, 0.15) is 6.04 Å². The van der Waals surface area contributed by atoms with Crippen molar-refractivity contribution in [2.75, 3.05) is 19.5 Å². The van der Waals surface area contributed by atoms with Gasteiger partial charge in [0.05, 0.1) is 36.1 Å². The molecule has 0 radical (unpaired) electrons. The molecule has 4 rings (SSSR count). The molecular formula is C25H27N3O5S. The van der Waals surface area contributed by atoms with Crippen LogP contribution in [0.5, 0.6) is 0 Å². The molecule has 3 aromatic rings. The highest BCUT2D eigenvalue weighted by molar-refractivity contribution is 7.99. The Morgan fingerprint density at radius 3 is 2.59 bits per heavy atom. The van der Waals surface area contributed by atoms with Crippen LogP contribution in [0.15, 0.2) is 47.6 Å². The van der Waals surface area contributed by atoms with E-state index in [1.807, 2.05) is 41.8 Å². The smallest absolute Gasteiger partial charge is 0.338 e. The van der Waals surface area contributed by atoms with E-state index in [9.17, 15) is 14.4 Å². The fourth-order valence-electron chi connectivity index (χ4n) is 4.21. The molecule has 1 aromatic heterocycles. The van der Waals surface area contributed by atoms with Gasteiger partial charge in [0.2, 0.25) is 5.91 Å². The van der Waals surface area contributed by atoms with Crippen molar-refractivity contribution >= 4 is 40.6 Å². The molecule has 8 nitrogen and oxygen atoms in total. The second-order valence-electron chi connectivity index (χ2n) is 7.88. The zero-order valence-electron chi connectivity index (χ0n) is 19.4. The SMILES string of the molecule is CCOC(=O)c1ccc2c(c1)nc(SCC(=O)N1Cc3ccccc3CC1C(=O)OC)n2CC. The van der Waals surface area contributed by atoms with Crippen molar-refractivity contribution in [3.05, 3.63) is 59.2 Å². The van der Waals surface area contributed by atoms with Gasteiger partial charge in [-0.1, -0.05) is 36.0 Å². The zero-order chi connectivity index (χ0) is 24.2. The molecule has 0 bridgehead atoms. The highest BCUT2D eigenvalue weighted by Crippen LogP contribution is 2.28. The molecule has 2 aromatic carbocycles. The van der Waals surface area contributed by atoms with Gasteiger partial charge in [-0.05, 0) is 43.2 Å². The number of esters is 2. The zero-order valence-corrected chi connectivity index (χ0v) is 20.3. The Balaban J connectivity index is 1.55. The molecule has 9 heteroatoms. The Hall–Kier alpha value is -3.33. The van der Waals surface area contributed by atoms with Crippen LogP contribution in [0.4, 0.5) is 0 Å². The number of fused-ring (bicyclic) bond motifs is 2. The number of aromatic nitrogens is 2. The Morgan fingerprint density at radius 2 is 1.88 bits per heavy atom. The summed E-state index contributed by atoms with van der Waals surface area (Å²) >= 11 is 1.32. The van der Waals surface area contributed by atoms with Gasteiger partial charge in [0, 0.05) is 19.5 Å². The molecule has 1 amide bonds. The quantitative estimate of drug-likeness (QED) is 0.377. The third kappa shape index (κ3) is 4.65. The number of methoxy groups -OCH3 is 1. The summed E-state index contributed by atoms with van der Waals surface area (Å²) in [5, 5.41) is 0.680. The number of aryl methyl sites for hydroxylation is 1. The molecule has 1 aliphatic heterocycles. The minimum absolute atomic E-state index is 0.129.